The minimum absolute atomic E-state index is 0.0542. The molecule has 0 aliphatic heterocycles. The van der Waals surface area contributed by atoms with Crippen LogP contribution in [0.15, 0.2) is 88.9 Å². The van der Waals surface area contributed by atoms with E-state index in [2.05, 4.69) is 10.1 Å². The molecule has 1 aromatic heterocycles. The summed E-state index contributed by atoms with van der Waals surface area (Å²) in [7, 11) is -4.03. The highest BCUT2D eigenvalue weighted by Gasteiger charge is 2.19. The van der Waals surface area contributed by atoms with Gasteiger partial charge in [0.25, 0.3) is 0 Å². The monoisotopic (exact) mass is 408 g/mol. The molecule has 0 bridgehead atoms. The molecule has 0 unspecified atom stereocenters. The van der Waals surface area contributed by atoms with E-state index in [0.29, 0.717) is 10.7 Å². The second kappa shape index (κ2) is 7.53. The first kappa shape index (κ1) is 18.3. The Bertz CT molecular complexity index is 1210. The number of hydrogen-bond donors (Lipinski definition) is 0. The van der Waals surface area contributed by atoms with Crippen molar-refractivity contribution in [3.8, 4) is 0 Å². The van der Waals surface area contributed by atoms with Gasteiger partial charge in [-0.2, -0.15) is 8.42 Å². The summed E-state index contributed by atoms with van der Waals surface area (Å²) >= 11 is 1.43. The Morgan fingerprint density at radius 3 is 2.32 bits per heavy atom. The van der Waals surface area contributed by atoms with E-state index in [0.717, 1.165) is 21.3 Å². The van der Waals surface area contributed by atoms with E-state index in [1.165, 1.54) is 23.5 Å². The summed E-state index contributed by atoms with van der Waals surface area (Å²) in [4.78, 5) is 4.64. The van der Waals surface area contributed by atoms with Gasteiger partial charge in [-0.05, 0) is 31.2 Å². The van der Waals surface area contributed by atoms with Gasteiger partial charge >= 0.3 is 10.1 Å². The van der Waals surface area contributed by atoms with Crippen LogP contribution in [0.5, 0.6) is 0 Å². The van der Waals surface area contributed by atoms with E-state index < -0.39 is 10.1 Å². The van der Waals surface area contributed by atoms with E-state index in [1.807, 2.05) is 61.5 Å². The molecule has 0 fully saturated rings. The van der Waals surface area contributed by atoms with Gasteiger partial charge in [-0.25, -0.2) is 4.98 Å². The highest BCUT2D eigenvalue weighted by Crippen LogP contribution is 2.25. The molecule has 0 amide bonds. The summed E-state index contributed by atoms with van der Waals surface area (Å²) in [6.45, 7) is 1.88. The largest absolute Gasteiger partial charge is 0.358 e. The molecule has 0 N–H and O–H groups in total. The van der Waals surface area contributed by atoms with Crippen LogP contribution >= 0.6 is 11.3 Å². The number of oxime groups is 1. The van der Waals surface area contributed by atoms with Gasteiger partial charge in [-0.1, -0.05) is 65.3 Å². The molecular weight excluding hydrogens is 392 g/mol. The highest BCUT2D eigenvalue weighted by atomic mass is 32.2. The number of para-hydroxylation sites is 1. The van der Waals surface area contributed by atoms with Crippen molar-refractivity contribution in [1.82, 2.24) is 4.98 Å². The van der Waals surface area contributed by atoms with Gasteiger partial charge in [0, 0.05) is 5.56 Å². The molecule has 0 saturated carbocycles. The summed E-state index contributed by atoms with van der Waals surface area (Å²) in [5.41, 5.74) is 2.88. The van der Waals surface area contributed by atoms with E-state index in [4.69, 9.17) is 4.28 Å². The number of fused-ring (bicyclic) bond motifs is 1. The Balaban J connectivity index is 1.76. The van der Waals surface area contributed by atoms with Gasteiger partial charge in [0.1, 0.15) is 15.6 Å². The molecule has 5 nitrogen and oxygen atoms in total. The van der Waals surface area contributed by atoms with Crippen LogP contribution in [0.1, 0.15) is 16.1 Å². The summed E-state index contributed by atoms with van der Waals surface area (Å²) < 4.78 is 31.1. The SMILES string of the molecule is Cc1ccc(S(=O)(=O)O/N=C(/c2ccccc2)c2nc3ccccc3s2)cc1. The highest BCUT2D eigenvalue weighted by molar-refractivity contribution is 7.86. The lowest BCUT2D eigenvalue weighted by Crippen LogP contribution is -2.08. The lowest BCUT2D eigenvalue weighted by atomic mass is 10.1. The molecule has 0 saturated heterocycles. The molecule has 0 radical (unpaired) electrons. The van der Waals surface area contributed by atoms with Crippen LogP contribution < -0.4 is 0 Å². The van der Waals surface area contributed by atoms with Crippen LogP contribution in [0.3, 0.4) is 0 Å². The molecule has 4 rings (SSSR count). The summed E-state index contributed by atoms with van der Waals surface area (Å²) in [5.74, 6) is 0. The Kier molecular flexibility index (Phi) is 4.93. The number of aromatic nitrogens is 1. The van der Waals surface area contributed by atoms with Gasteiger partial charge in [-0.15, -0.1) is 11.3 Å². The van der Waals surface area contributed by atoms with E-state index in [1.54, 1.807) is 12.1 Å². The molecule has 0 spiro atoms. The van der Waals surface area contributed by atoms with Crippen LogP contribution in [0.2, 0.25) is 0 Å². The average Bonchev–Trinajstić information content (AvgIpc) is 3.13. The van der Waals surface area contributed by atoms with Gasteiger partial charge in [0.15, 0.2) is 0 Å². The van der Waals surface area contributed by atoms with Crippen molar-refractivity contribution < 1.29 is 12.7 Å². The van der Waals surface area contributed by atoms with Crippen molar-refractivity contribution >= 4 is 37.4 Å². The van der Waals surface area contributed by atoms with Gasteiger partial charge in [0.05, 0.1) is 10.2 Å². The molecule has 140 valence electrons. The van der Waals surface area contributed by atoms with E-state index in [-0.39, 0.29) is 4.90 Å². The van der Waals surface area contributed by atoms with Crippen LogP contribution in [-0.4, -0.2) is 19.1 Å². The zero-order chi connectivity index (χ0) is 19.6. The molecule has 0 aliphatic carbocycles. The van der Waals surface area contributed by atoms with Crippen molar-refractivity contribution in [2.45, 2.75) is 11.8 Å². The molecule has 4 aromatic rings. The summed E-state index contributed by atoms with van der Waals surface area (Å²) in [6, 6.07) is 23.4. The first-order valence-electron chi connectivity index (χ1n) is 8.53. The van der Waals surface area contributed by atoms with Crippen LogP contribution in [-0.2, 0) is 14.4 Å². The van der Waals surface area contributed by atoms with Crippen molar-refractivity contribution in [3.63, 3.8) is 0 Å². The molecule has 0 aliphatic rings. The van der Waals surface area contributed by atoms with Crippen molar-refractivity contribution in [1.29, 1.82) is 0 Å². The van der Waals surface area contributed by atoms with Crippen molar-refractivity contribution in [2.24, 2.45) is 5.16 Å². The number of rotatable bonds is 5. The van der Waals surface area contributed by atoms with Crippen LogP contribution in [0.25, 0.3) is 10.2 Å². The first-order valence-corrected chi connectivity index (χ1v) is 10.7. The van der Waals surface area contributed by atoms with E-state index in [9.17, 15) is 8.42 Å². The van der Waals surface area contributed by atoms with Crippen molar-refractivity contribution in [3.05, 3.63) is 95.0 Å². The number of aryl methyl sites for hydroxylation is 1. The predicted octanol–water partition coefficient (Wildman–Crippen LogP) is 4.76. The topological polar surface area (TPSA) is 68.6 Å². The van der Waals surface area contributed by atoms with Gasteiger partial charge in [-0.3, -0.25) is 4.28 Å². The lowest BCUT2D eigenvalue weighted by molar-refractivity contribution is 0.339. The zero-order valence-electron chi connectivity index (χ0n) is 14.9. The van der Waals surface area contributed by atoms with E-state index >= 15 is 0 Å². The Labute approximate surface area is 167 Å². The van der Waals surface area contributed by atoms with Crippen LogP contribution in [0.4, 0.5) is 0 Å². The maximum Gasteiger partial charge on any atom is 0.358 e. The lowest BCUT2D eigenvalue weighted by Gasteiger charge is -2.05. The fraction of sp³-hybridized carbons (Fsp3) is 0.0476. The van der Waals surface area contributed by atoms with Crippen molar-refractivity contribution in [2.75, 3.05) is 0 Å². The standard InChI is InChI=1S/C21H16N2O3S2/c1-15-11-13-17(14-12-15)28(24,25)26-23-20(16-7-3-2-4-8-16)21-22-18-9-5-6-10-19(18)27-21/h2-14H,1H3/b23-20-. The Morgan fingerprint density at radius 2 is 1.61 bits per heavy atom. The molecule has 7 heteroatoms. The molecule has 28 heavy (non-hydrogen) atoms. The minimum Gasteiger partial charge on any atom is -0.264 e. The third-order valence-corrected chi connectivity index (χ3v) is 6.24. The second-order valence-corrected chi connectivity index (χ2v) is 8.69. The van der Waals surface area contributed by atoms with Crippen LogP contribution in [0, 0.1) is 6.92 Å². The summed E-state index contributed by atoms with van der Waals surface area (Å²) in [6.07, 6.45) is 0. The molecular formula is C21H16N2O3S2. The second-order valence-electron chi connectivity index (χ2n) is 6.13. The van der Waals surface area contributed by atoms with Gasteiger partial charge < -0.3 is 0 Å². The normalized spacial score (nSPS) is 12.2. The Hall–Kier alpha value is -3.03. The quantitative estimate of drug-likeness (QED) is 0.353. The Morgan fingerprint density at radius 1 is 0.929 bits per heavy atom. The third kappa shape index (κ3) is 3.81. The number of thiazole rings is 1. The fourth-order valence-corrected chi connectivity index (χ4v) is 4.32. The predicted molar refractivity (Wildman–Crippen MR) is 111 cm³/mol. The molecule has 3 aromatic carbocycles. The maximum absolute atomic E-state index is 12.5. The first-order chi connectivity index (χ1) is 13.5. The average molecular weight is 409 g/mol. The summed E-state index contributed by atoms with van der Waals surface area (Å²) in [5, 5.41) is 4.60. The molecule has 0 atom stereocenters. The van der Waals surface area contributed by atoms with Gasteiger partial charge in [0.2, 0.25) is 0 Å². The number of benzene rings is 3. The number of nitrogens with zero attached hydrogens (tertiary/aromatic N) is 2. The fourth-order valence-electron chi connectivity index (χ4n) is 2.62. The smallest absolute Gasteiger partial charge is 0.264 e. The maximum atomic E-state index is 12.5. The molecule has 1 heterocycles. The minimum atomic E-state index is -4.03. The zero-order valence-corrected chi connectivity index (χ0v) is 16.6. The third-order valence-electron chi connectivity index (χ3n) is 4.08. The number of hydrogen-bond acceptors (Lipinski definition) is 6.